The molecule has 3 aromatic rings. The van der Waals surface area contributed by atoms with E-state index in [0.29, 0.717) is 5.25 Å². The third kappa shape index (κ3) is 3.49. The Morgan fingerprint density at radius 1 is 1.12 bits per heavy atom. The quantitative estimate of drug-likeness (QED) is 0.665. The molecule has 1 atom stereocenters. The summed E-state index contributed by atoms with van der Waals surface area (Å²) in [6, 6.07) is 16.4. The smallest absolute Gasteiger partial charge is 0.251 e. The maximum Gasteiger partial charge on any atom is 0.251 e. The van der Waals surface area contributed by atoms with Gasteiger partial charge in [-0.1, -0.05) is 74.0 Å². The average molecular weight is 350 g/mol. The van der Waals surface area contributed by atoms with Crippen LogP contribution in [0.3, 0.4) is 0 Å². The van der Waals surface area contributed by atoms with E-state index in [-0.39, 0.29) is 11.5 Å². The number of hydrogen-bond donors (Lipinski definition) is 1. The lowest BCUT2D eigenvalue weighted by molar-refractivity contribution is 0.798. The lowest BCUT2D eigenvalue weighted by atomic mass is 9.92. The van der Waals surface area contributed by atoms with Crippen molar-refractivity contribution >= 4 is 22.5 Å². The topological polar surface area (TPSA) is 45.8 Å². The zero-order valence-corrected chi connectivity index (χ0v) is 15.2. The first-order valence-corrected chi connectivity index (χ1v) is 9.84. The number of nitrogens with one attached hydrogen (secondary N) is 1. The Balaban J connectivity index is 1.70. The van der Waals surface area contributed by atoms with Gasteiger partial charge in [0.2, 0.25) is 0 Å². The molecule has 0 saturated heterocycles. The molecule has 1 aliphatic carbocycles. The van der Waals surface area contributed by atoms with Gasteiger partial charge in [0.25, 0.3) is 5.56 Å². The highest BCUT2D eigenvalue weighted by molar-refractivity contribution is 7.99. The molecule has 1 fully saturated rings. The molecule has 1 aliphatic rings. The number of thioether (sulfide) groups is 1. The predicted molar refractivity (Wildman–Crippen MR) is 104 cm³/mol. The van der Waals surface area contributed by atoms with Crippen molar-refractivity contribution in [1.82, 2.24) is 9.97 Å². The van der Waals surface area contributed by atoms with Gasteiger partial charge in [-0.25, -0.2) is 4.98 Å². The molecule has 1 saturated carbocycles. The summed E-state index contributed by atoms with van der Waals surface area (Å²) in [6.07, 6.45) is 5.01. The molecule has 0 spiro atoms. The maximum atomic E-state index is 12.2. The Hall–Kier alpha value is -2.07. The summed E-state index contributed by atoms with van der Waals surface area (Å²) in [5.41, 5.74) is 2.01. The SMILES string of the molecule is CC(c1cc(=O)[nH]c(SC2CCCC2)n1)c1cccc2ccccc12. The van der Waals surface area contributed by atoms with Gasteiger partial charge in [-0.3, -0.25) is 4.79 Å². The van der Waals surface area contributed by atoms with Gasteiger partial charge < -0.3 is 4.98 Å². The van der Waals surface area contributed by atoms with Crippen LogP contribution < -0.4 is 5.56 Å². The number of H-pyrrole nitrogens is 1. The molecule has 0 bridgehead atoms. The standard InChI is InChI=1S/C21H22N2OS/c1-14(17-12-6-8-15-7-2-5-11-18(15)17)19-13-20(24)23-21(22-19)25-16-9-3-4-10-16/h2,5-8,11-14,16H,3-4,9-10H2,1H3,(H,22,23,24). The summed E-state index contributed by atoms with van der Waals surface area (Å²) >= 11 is 1.73. The van der Waals surface area contributed by atoms with Crippen molar-refractivity contribution in [2.75, 3.05) is 0 Å². The molecule has 1 aromatic heterocycles. The summed E-state index contributed by atoms with van der Waals surface area (Å²) in [6.45, 7) is 2.13. The summed E-state index contributed by atoms with van der Waals surface area (Å²) in [5, 5.41) is 3.80. The van der Waals surface area contributed by atoms with Crippen LogP contribution in [0.1, 0.15) is 49.8 Å². The fourth-order valence-electron chi connectivity index (χ4n) is 3.68. The molecule has 4 rings (SSSR count). The zero-order valence-electron chi connectivity index (χ0n) is 14.4. The van der Waals surface area contributed by atoms with Crippen molar-refractivity contribution in [2.24, 2.45) is 0 Å². The molecule has 2 aromatic carbocycles. The van der Waals surface area contributed by atoms with Crippen LogP contribution in [0, 0.1) is 0 Å². The Labute approximate surface area is 151 Å². The zero-order chi connectivity index (χ0) is 17.2. The highest BCUT2D eigenvalue weighted by Crippen LogP contribution is 2.34. The van der Waals surface area contributed by atoms with Gasteiger partial charge in [0, 0.05) is 17.2 Å². The highest BCUT2D eigenvalue weighted by atomic mass is 32.2. The van der Waals surface area contributed by atoms with Crippen LogP contribution in [-0.4, -0.2) is 15.2 Å². The van der Waals surface area contributed by atoms with Crippen LogP contribution in [0.2, 0.25) is 0 Å². The van der Waals surface area contributed by atoms with Crippen LogP contribution in [0.15, 0.2) is 58.5 Å². The monoisotopic (exact) mass is 350 g/mol. The van der Waals surface area contributed by atoms with Gasteiger partial charge in [0.05, 0.1) is 5.69 Å². The van der Waals surface area contributed by atoms with Crippen molar-refractivity contribution in [2.45, 2.75) is 48.9 Å². The van der Waals surface area contributed by atoms with Gasteiger partial charge in [-0.15, -0.1) is 0 Å². The van der Waals surface area contributed by atoms with E-state index >= 15 is 0 Å². The second-order valence-corrected chi connectivity index (χ2v) is 8.08. The first-order chi connectivity index (χ1) is 12.2. The van der Waals surface area contributed by atoms with Crippen molar-refractivity contribution in [3.63, 3.8) is 0 Å². The van der Waals surface area contributed by atoms with E-state index < -0.39 is 0 Å². The Bertz CT molecular complexity index is 939. The first kappa shape index (κ1) is 16.4. The van der Waals surface area contributed by atoms with Crippen LogP contribution in [0.25, 0.3) is 10.8 Å². The Kier molecular flexibility index (Phi) is 4.62. The molecule has 1 N–H and O–H groups in total. The number of nitrogens with zero attached hydrogens (tertiary/aromatic N) is 1. The van der Waals surface area contributed by atoms with E-state index in [1.54, 1.807) is 17.8 Å². The highest BCUT2D eigenvalue weighted by Gasteiger charge is 2.19. The third-order valence-electron chi connectivity index (χ3n) is 5.05. The van der Waals surface area contributed by atoms with E-state index in [1.807, 2.05) is 0 Å². The van der Waals surface area contributed by atoms with Crippen molar-refractivity contribution in [3.8, 4) is 0 Å². The predicted octanol–water partition coefficient (Wildman–Crippen LogP) is 5.11. The van der Waals surface area contributed by atoms with E-state index in [1.165, 1.54) is 42.0 Å². The second-order valence-electron chi connectivity index (χ2n) is 6.79. The molecule has 128 valence electrons. The molecule has 0 amide bonds. The summed E-state index contributed by atoms with van der Waals surface area (Å²) in [4.78, 5) is 19.9. The lowest BCUT2D eigenvalue weighted by Crippen LogP contribution is -2.13. The lowest BCUT2D eigenvalue weighted by Gasteiger charge is -2.15. The average Bonchev–Trinajstić information content (AvgIpc) is 3.13. The third-order valence-corrected chi connectivity index (χ3v) is 6.28. The van der Waals surface area contributed by atoms with E-state index in [0.717, 1.165) is 10.9 Å². The second kappa shape index (κ2) is 7.04. The van der Waals surface area contributed by atoms with Crippen LogP contribution >= 0.6 is 11.8 Å². The largest absolute Gasteiger partial charge is 0.301 e. The molecular formula is C21H22N2OS. The van der Waals surface area contributed by atoms with Crippen molar-refractivity contribution in [1.29, 1.82) is 0 Å². The van der Waals surface area contributed by atoms with Gasteiger partial charge in [0.15, 0.2) is 5.16 Å². The molecule has 1 unspecified atom stereocenters. The van der Waals surface area contributed by atoms with Crippen molar-refractivity contribution in [3.05, 3.63) is 70.1 Å². The van der Waals surface area contributed by atoms with Crippen LogP contribution in [-0.2, 0) is 0 Å². The van der Waals surface area contributed by atoms with Crippen LogP contribution in [0.5, 0.6) is 0 Å². The molecular weight excluding hydrogens is 328 g/mol. The van der Waals surface area contributed by atoms with Gasteiger partial charge in [-0.05, 0) is 29.2 Å². The number of hydrogen-bond acceptors (Lipinski definition) is 3. The molecule has 0 aliphatic heterocycles. The summed E-state index contributed by atoms with van der Waals surface area (Å²) in [7, 11) is 0. The van der Waals surface area contributed by atoms with Gasteiger partial charge in [0.1, 0.15) is 0 Å². The molecule has 0 radical (unpaired) electrons. The molecule has 3 nitrogen and oxygen atoms in total. The first-order valence-electron chi connectivity index (χ1n) is 8.96. The summed E-state index contributed by atoms with van der Waals surface area (Å²) in [5.74, 6) is 0.0799. The van der Waals surface area contributed by atoms with Gasteiger partial charge in [-0.2, -0.15) is 0 Å². The number of aromatic nitrogens is 2. The maximum absolute atomic E-state index is 12.2. The fourth-order valence-corrected chi connectivity index (χ4v) is 4.88. The minimum atomic E-state index is -0.0578. The van der Waals surface area contributed by atoms with Crippen molar-refractivity contribution < 1.29 is 0 Å². The number of rotatable bonds is 4. The number of aromatic amines is 1. The van der Waals surface area contributed by atoms with E-state index in [2.05, 4.69) is 54.4 Å². The fraction of sp³-hybridized carbons (Fsp3) is 0.333. The number of fused-ring (bicyclic) bond motifs is 1. The van der Waals surface area contributed by atoms with Crippen LogP contribution in [0.4, 0.5) is 0 Å². The summed E-state index contributed by atoms with van der Waals surface area (Å²) < 4.78 is 0. The van der Waals surface area contributed by atoms with E-state index in [9.17, 15) is 4.79 Å². The Morgan fingerprint density at radius 2 is 1.88 bits per heavy atom. The van der Waals surface area contributed by atoms with E-state index in [4.69, 9.17) is 4.98 Å². The normalized spacial score (nSPS) is 16.4. The minimum absolute atomic E-state index is 0.0578. The van der Waals surface area contributed by atoms with Gasteiger partial charge >= 0.3 is 0 Å². The number of benzene rings is 2. The molecule has 25 heavy (non-hydrogen) atoms. The molecule has 4 heteroatoms. The minimum Gasteiger partial charge on any atom is -0.301 e. The Morgan fingerprint density at radius 3 is 2.72 bits per heavy atom. The molecule has 1 heterocycles.